The zero-order valence-electron chi connectivity index (χ0n) is 35.0. The topological polar surface area (TPSA) is 117 Å². The molecular weight excluding hydrogens is 697 g/mol. The largest absolute Gasteiger partial charge is 0.472 e. The summed E-state index contributed by atoms with van der Waals surface area (Å²) in [7, 11) is -4.28. The monoisotopic (exact) mass is 782 g/mol. The van der Waals surface area contributed by atoms with E-state index < -0.39 is 13.9 Å². The normalized spacial score (nSPS) is 13.9. The molecule has 0 aromatic rings. The van der Waals surface area contributed by atoms with E-state index in [-0.39, 0.29) is 32.3 Å². The van der Waals surface area contributed by atoms with Gasteiger partial charge in [-0.15, -0.1) is 0 Å². The maximum atomic E-state index is 12.6. The van der Waals surface area contributed by atoms with E-state index in [4.69, 9.17) is 24.3 Å². The lowest BCUT2D eigenvalue weighted by atomic mass is 10.0. The van der Waals surface area contributed by atoms with E-state index in [0.29, 0.717) is 13.0 Å². The summed E-state index contributed by atoms with van der Waals surface area (Å²) >= 11 is 0. The van der Waals surface area contributed by atoms with Gasteiger partial charge in [-0.3, -0.25) is 13.8 Å². The molecule has 0 amide bonds. The van der Waals surface area contributed by atoms with Crippen molar-refractivity contribution in [3.8, 4) is 0 Å². The molecule has 2 unspecified atom stereocenters. The number of unbranched alkanes of at least 4 members (excludes halogenated alkanes) is 21. The average Bonchev–Trinajstić information content (AvgIpc) is 3.16. The molecule has 3 N–H and O–H groups in total. The van der Waals surface area contributed by atoms with Gasteiger partial charge < -0.3 is 20.1 Å². The highest BCUT2D eigenvalue weighted by atomic mass is 31.2. The molecule has 0 aliphatic rings. The van der Waals surface area contributed by atoms with Crippen molar-refractivity contribution < 1.29 is 32.8 Å². The number of phosphoric acid groups is 1. The number of hydrogen-bond donors (Lipinski definition) is 2. The summed E-state index contributed by atoms with van der Waals surface area (Å²) in [5.74, 6) is -0.333. The van der Waals surface area contributed by atoms with Gasteiger partial charge in [0.15, 0.2) is 0 Å². The number of esters is 1. The molecule has 0 radical (unpaired) electrons. The number of nitrogens with two attached hydrogens (primary N) is 1. The summed E-state index contributed by atoms with van der Waals surface area (Å²) in [6.45, 7) is 4.81. The van der Waals surface area contributed by atoms with Crippen LogP contribution in [0, 0.1) is 0 Å². The van der Waals surface area contributed by atoms with Gasteiger partial charge in [0.05, 0.1) is 19.8 Å². The molecule has 2 atom stereocenters. The number of carbonyl (C=O) groups is 1. The Bertz CT molecular complexity index is 968. The smallest absolute Gasteiger partial charge is 0.457 e. The van der Waals surface area contributed by atoms with Crippen LogP contribution in [0.25, 0.3) is 0 Å². The Morgan fingerprint density at radius 3 is 1.56 bits per heavy atom. The average molecular weight is 782 g/mol. The van der Waals surface area contributed by atoms with Crippen molar-refractivity contribution in [2.24, 2.45) is 5.73 Å². The van der Waals surface area contributed by atoms with Crippen molar-refractivity contribution in [3.05, 3.63) is 48.6 Å². The lowest BCUT2D eigenvalue weighted by Gasteiger charge is -2.20. The molecule has 0 bridgehead atoms. The van der Waals surface area contributed by atoms with Crippen molar-refractivity contribution in [1.29, 1.82) is 0 Å². The fourth-order valence-electron chi connectivity index (χ4n) is 6.05. The summed E-state index contributed by atoms with van der Waals surface area (Å²) in [4.78, 5) is 22.5. The predicted octanol–water partition coefficient (Wildman–Crippen LogP) is 13.2. The third kappa shape index (κ3) is 41.6. The second-order valence-electron chi connectivity index (χ2n) is 14.5. The summed E-state index contributed by atoms with van der Waals surface area (Å²) in [5, 5.41) is 0. The van der Waals surface area contributed by atoms with E-state index in [0.717, 1.165) is 57.8 Å². The predicted molar refractivity (Wildman–Crippen MR) is 229 cm³/mol. The van der Waals surface area contributed by atoms with E-state index in [1.807, 2.05) is 0 Å². The van der Waals surface area contributed by atoms with Crippen LogP contribution >= 0.6 is 7.82 Å². The number of ether oxygens (including phenoxy) is 2. The Kier molecular flexibility index (Phi) is 41.4. The molecule has 0 rings (SSSR count). The van der Waals surface area contributed by atoms with Crippen molar-refractivity contribution in [2.75, 3.05) is 33.0 Å². The van der Waals surface area contributed by atoms with Gasteiger partial charge in [0.1, 0.15) is 6.10 Å². The first-order valence-electron chi connectivity index (χ1n) is 22.1. The van der Waals surface area contributed by atoms with Crippen LogP contribution in [0.5, 0.6) is 0 Å². The van der Waals surface area contributed by atoms with Crippen LogP contribution in [0.3, 0.4) is 0 Å². The molecule has 54 heavy (non-hydrogen) atoms. The Labute approximate surface area is 332 Å². The molecule has 0 fully saturated rings. The zero-order chi connectivity index (χ0) is 39.5. The van der Waals surface area contributed by atoms with Crippen LogP contribution < -0.4 is 5.73 Å². The van der Waals surface area contributed by atoms with Crippen LogP contribution in [0.2, 0.25) is 0 Å². The Hall–Kier alpha value is -1.54. The number of hydrogen-bond acceptors (Lipinski definition) is 7. The van der Waals surface area contributed by atoms with Gasteiger partial charge in [-0.25, -0.2) is 4.57 Å². The standard InChI is InChI=1S/C45H84NO7P/c1-3-5-7-9-11-13-15-17-18-19-20-21-22-23-24-25-27-29-31-33-35-37-40-50-42-44(43-52-54(48,49)51-41-39-46)53-45(47)38-36-34-32-30-28-26-16-14-12-10-8-6-4-2/h5,7,11,13,17-18,20-21,44H,3-4,6,8-10,12,14-16,19,22-43,46H2,1-2H3,(H,48,49)/b7-5-,13-11-,18-17-,21-20-. The number of allylic oxidation sites excluding steroid dienone is 8. The van der Waals surface area contributed by atoms with Gasteiger partial charge in [-0.2, -0.15) is 0 Å². The Morgan fingerprint density at radius 1 is 0.574 bits per heavy atom. The molecule has 316 valence electrons. The van der Waals surface area contributed by atoms with Crippen LogP contribution in [0.4, 0.5) is 0 Å². The van der Waals surface area contributed by atoms with Gasteiger partial charge >= 0.3 is 13.8 Å². The van der Waals surface area contributed by atoms with Gasteiger partial charge in [-0.05, 0) is 51.4 Å². The molecule has 0 aromatic heterocycles. The molecule has 0 spiro atoms. The minimum atomic E-state index is -4.28. The highest BCUT2D eigenvalue weighted by Gasteiger charge is 2.25. The van der Waals surface area contributed by atoms with Crippen LogP contribution in [-0.2, 0) is 27.9 Å². The zero-order valence-corrected chi connectivity index (χ0v) is 35.8. The summed E-state index contributed by atoms with van der Waals surface area (Å²) in [6.07, 6.45) is 49.8. The fraction of sp³-hybridized carbons (Fsp3) is 0.800. The highest BCUT2D eigenvalue weighted by Crippen LogP contribution is 2.43. The van der Waals surface area contributed by atoms with E-state index in [1.54, 1.807) is 0 Å². The van der Waals surface area contributed by atoms with E-state index >= 15 is 0 Å². The van der Waals surface area contributed by atoms with Gasteiger partial charge in [-0.1, -0.05) is 184 Å². The van der Waals surface area contributed by atoms with E-state index in [9.17, 15) is 14.3 Å². The maximum absolute atomic E-state index is 12.6. The second kappa shape index (κ2) is 42.6. The molecule has 9 heteroatoms. The first-order valence-corrected chi connectivity index (χ1v) is 23.6. The summed E-state index contributed by atoms with van der Waals surface area (Å²) in [5.41, 5.74) is 5.37. The lowest BCUT2D eigenvalue weighted by molar-refractivity contribution is -0.154. The van der Waals surface area contributed by atoms with Crippen molar-refractivity contribution in [3.63, 3.8) is 0 Å². The van der Waals surface area contributed by atoms with Crippen LogP contribution in [0.1, 0.15) is 194 Å². The first-order chi connectivity index (χ1) is 26.4. The summed E-state index contributed by atoms with van der Waals surface area (Å²) < 4.78 is 33.4. The number of rotatable bonds is 42. The van der Waals surface area contributed by atoms with Crippen molar-refractivity contribution in [1.82, 2.24) is 0 Å². The fourth-order valence-corrected chi connectivity index (χ4v) is 6.81. The SMILES string of the molecule is CC/C=C\C/C=C\C/C=C\C/C=C\CCCCCCCCCCCOCC(COP(=O)(O)OCCN)OC(=O)CCCCCCCCCCCCCCC. The second-order valence-corrected chi connectivity index (χ2v) is 16.0. The van der Waals surface area contributed by atoms with Gasteiger partial charge in [0.2, 0.25) is 0 Å². The minimum absolute atomic E-state index is 0.0968. The first kappa shape index (κ1) is 52.5. The minimum Gasteiger partial charge on any atom is -0.457 e. The summed E-state index contributed by atoms with van der Waals surface area (Å²) in [6, 6.07) is 0. The highest BCUT2D eigenvalue weighted by molar-refractivity contribution is 7.47. The lowest BCUT2D eigenvalue weighted by Crippen LogP contribution is -2.28. The van der Waals surface area contributed by atoms with Crippen LogP contribution in [0.15, 0.2) is 48.6 Å². The molecule has 0 aliphatic carbocycles. The van der Waals surface area contributed by atoms with Crippen molar-refractivity contribution >= 4 is 13.8 Å². The molecule has 0 aromatic carbocycles. The quantitative estimate of drug-likeness (QED) is 0.0272. The molecule has 0 saturated heterocycles. The maximum Gasteiger partial charge on any atom is 0.472 e. The molecular formula is C45H84NO7P. The third-order valence-electron chi connectivity index (χ3n) is 9.26. The molecule has 0 saturated carbocycles. The van der Waals surface area contributed by atoms with Gasteiger partial charge in [0, 0.05) is 19.6 Å². The number of phosphoric ester groups is 1. The van der Waals surface area contributed by atoms with Crippen LogP contribution in [-0.4, -0.2) is 49.9 Å². The van der Waals surface area contributed by atoms with E-state index in [2.05, 4.69) is 62.5 Å². The molecule has 0 heterocycles. The Balaban J connectivity index is 3.99. The number of carbonyl (C=O) groups excluding carboxylic acids is 1. The molecule has 0 aliphatic heterocycles. The van der Waals surface area contributed by atoms with Crippen molar-refractivity contribution in [2.45, 2.75) is 200 Å². The van der Waals surface area contributed by atoms with Gasteiger partial charge in [0.25, 0.3) is 0 Å². The third-order valence-corrected chi connectivity index (χ3v) is 10.2. The Morgan fingerprint density at radius 2 is 1.04 bits per heavy atom. The van der Waals surface area contributed by atoms with E-state index in [1.165, 1.54) is 116 Å². The molecule has 8 nitrogen and oxygen atoms in total.